The highest BCUT2D eigenvalue weighted by Crippen LogP contribution is 2.43. The Morgan fingerprint density at radius 3 is 2.38 bits per heavy atom. The fourth-order valence-corrected chi connectivity index (χ4v) is 5.64. The monoisotopic (exact) mass is 531 g/mol. The van der Waals surface area contributed by atoms with Crippen molar-refractivity contribution in [1.29, 1.82) is 0 Å². The molecule has 206 valence electrons. The van der Waals surface area contributed by atoms with Gasteiger partial charge < -0.3 is 28.6 Å². The van der Waals surface area contributed by atoms with E-state index in [1.54, 1.807) is 7.11 Å². The molecule has 1 fully saturated rings. The normalized spacial score (nSPS) is 15.2. The summed E-state index contributed by atoms with van der Waals surface area (Å²) in [5.41, 5.74) is 0.867. The second-order valence-corrected chi connectivity index (χ2v) is 10.1. The molecule has 8 heteroatoms. The summed E-state index contributed by atoms with van der Waals surface area (Å²) in [6, 6.07) is 12.3. The van der Waals surface area contributed by atoms with Gasteiger partial charge >= 0.3 is 0 Å². The van der Waals surface area contributed by atoms with E-state index < -0.39 is 0 Å². The first-order chi connectivity index (χ1) is 19.2. The largest absolute Gasteiger partial charge is 0.493 e. The van der Waals surface area contributed by atoms with Gasteiger partial charge in [0.15, 0.2) is 23.0 Å². The van der Waals surface area contributed by atoms with Crippen LogP contribution in [0.4, 0.5) is 0 Å². The van der Waals surface area contributed by atoms with Crippen LogP contribution in [0, 0.1) is 0 Å². The van der Waals surface area contributed by atoms with Crippen LogP contribution in [-0.2, 0) is 0 Å². The number of fused-ring (bicyclic) bond motifs is 6. The van der Waals surface area contributed by atoms with Crippen molar-refractivity contribution in [3.05, 3.63) is 36.4 Å². The van der Waals surface area contributed by atoms with Crippen molar-refractivity contribution in [2.24, 2.45) is 0 Å². The average molecular weight is 532 g/mol. The Kier molecular flexibility index (Phi) is 7.48. The van der Waals surface area contributed by atoms with E-state index in [4.69, 9.17) is 28.7 Å². The zero-order valence-electron chi connectivity index (χ0n) is 23.1. The van der Waals surface area contributed by atoms with E-state index in [1.807, 2.05) is 18.2 Å². The standard InChI is InChI=1S/C31H37N3O5/c1-4-33(5-2)12-14-36-28-19-25-24(18-26(28)35-3)22-9-8-21-16-27-29(39-20-38-27)17-23(21)30(22)32-31(25)37-15-13-34-10-6-7-11-34/h8-9,16-19H,4-7,10-15,20H2,1-3H3. The van der Waals surface area contributed by atoms with E-state index in [9.17, 15) is 0 Å². The van der Waals surface area contributed by atoms with Gasteiger partial charge in [-0.05, 0) is 68.7 Å². The minimum Gasteiger partial charge on any atom is -0.493 e. The first-order valence-electron chi connectivity index (χ1n) is 14.1. The van der Waals surface area contributed by atoms with Crippen molar-refractivity contribution >= 4 is 32.4 Å². The summed E-state index contributed by atoms with van der Waals surface area (Å²) >= 11 is 0. The molecule has 0 aliphatic carbocycles. The van der Waals surface area contributed by atoms with Crippen molar-refractivity contribution in [2.75, 3.05) is 66.4 Å². The zero-order valence-corrected chi connectivity index (χ0v) is 23.1. The topological polar surface area (TPSA) is 65.5 Å². The molecule has 0 amide bonds. The maximum atomic E-state index is 6.42. The predicted molar refractivity (Wildman–Crippen MR) is 154 cm³/mol. The van der Waals surface area contributed by atoms with Crippen LogP contribution in [0.5, 0.6) is 28.9 Å². The van der Waals surface area contributed by atoms with Gasteiger partial charge in [0.25, 0.3) is 0 Å². The van der Waals surface area contributed by atoms with E-state index in [0.29, 0.717) is 30.6 Å². The molecule has 0 radical (unpaired) electrons. The van der Waals surface area contributed by atoms with E-state index >= 15 is 0 Å². The van der Waals surface area contributed by atoms with E-state index in [2.05, 4.69) is 41.8 Å². The molecule has 2 aliphatic heterocycles. The van der Waals surface area contributed by atoms with Gasteiger partial charge in [0.05, 0.1) is 12.6 Å². The number of pyridine rings is 1. The number of likely N-dealkylation sites (tertiary alicyclic amines) is 1. The van der Waals surface area contributed by atoms with Crippen LogP contribution < -0.4 is 23.7 Å². The second kappa shape index (κ2) is 11.3. The van der Waals surface area contributed by atoms with Crippen LogP contribution in [-0.4, -0.2) is 81.2 Å². The van der Waals surface area contributed by atoms with Crippen LogP contribution in [0.25, 0.3) is 32.4 Å². The summed E-state index contributed by atoms with van der Waals surface area (Å²) in [5, 5.41) is 5.01. The van der Waals surface area contributed by atoms with Gasteiger partial charge in [-0.25, -0.2) is 4.98 Å². The van der Waals surface area contributed by atoms with Crippen molar-refractivity contribution in [3.8, 4) is 28.9 Å². The molecule has 0 saturated carbocycles. The second-order valence-electron chi connectivity index (χ2n) is 10.1. The lowest BCUT2D eigenvalue weighted by Crippen LogP contribution is -2.27. The fraction of sp³-hybridized carbons (Fsp3) is 0.452. The highest BCUT2D eigenvalue weighted by atomic mass is 16.7. The quantitative estimate of drug-likeness (QED) is 0.236. The Bertz CT molecular complexity index is 1480. The number of nitrogens with zero attached hydrogens (tertiary/aromatic N) is 3. The minimum atomic E-state index is 0.235. The predicted octanol–water partition coefficient (Wildman–Crippen LogP) is 5.47. The highest BCUT2D eigenvalue weighted by molar-refractivity contribution is 6.17. The van der Waals surface area contributed by atoms with Gasteiger partial charge in [0, 0.05) is 34.6 Å². The lowest BCUT2D eigenvalue weighted by atomic mass is 10.0. The number of likely N-dealkylation sites (N-methyl/N-ethyl adjacent to an activating group) is 1. The third kappa shape index (κ3) is 5.11. The van der Waals surface area contributed by atoms with Gasteiger partial charge in [-0.15, -0.1) is 0 Å². The number of methoxy groups -OCH3 is 1. The SMILES string of the molecule is CCN(CC)CCOc1cc2c(OCCN3CCCC3)nc3c4cc5c(cc4ccc3c2cc1OC)OCO5. The van der Waals surface area contributed by atoms with Crippen molar-refractivity contribution in [2.45, 2.75) is 26.7 Å². The van der Waals surface area contributed by atoms with Crippen LogP contribution in [0.3, 0.4) is 0 Å². The summed E-state index contributed by atoms with van der Waals surface area (Å²) in [6.45, 7) is 11.7. The Labute approximate surface area is 229 Å². The third-order valence-corrected chi connectivity index (χ3v) is 7.93. The number of ether oxygens (including phenoxy) is 5. The number of hydrogen-bond acceptors (Lipinski definition) is 8. The molecule has 0 unspecified atom stereocenters. The molecule has 4 aromatic rings. The fourth-order valence-electron chi connectivity index (χ4n) is 5.64. The Morgan fingerprint density at radius 1 is 0.846 bits per heavy atom. The lowest BCUT2D eigenvalue weighted by Gasteiger charge is -2.20. The molecule has 1 aromatic heterocycles. The number of benzene rings is 3. The molecule has 39 heavy (non-hydrogen) atoms. The molecule has 0 bridgehead atoms. The molecular formula is C31H37N3O5. The summed E-state index contributed by atoms with van der Waals surface area (Å²) < 4.78 is 29.8. The van der Waals surface area contributed by atoms with Crippen LogP contribution in [0.2, 0.25) is 0 Å². The molecule has 1 saturated heterocycles. The third-order valence-electron chi connectivity index (χ3n) is 7.93. The molecule has 3 heterocycles. The summed E-state index contributed by atoms with van der Waals surface area (Å²) in [4.78, 5) is 9.90. The molecular weight excluding hydrogens is 494 g/mol. The minimum absolute atomic E-state index is 0.235. The van der Waals surface area contributed by atoms with E-state index in [0.717, 1.165) is 83.2 Å². The zero-order chi connectivity index (χ0) is 26.8. The molecule has 0 atom stereocenters. The summed E-state index contributed by atoms with van der Waals surface area (Å²) in [6.07, 6.45) is 2.51. The van der Waals surface area contributed by atoms with Gasteiger partial charge in [-0.1, -0.05) is 26.0 Å². The van der Waals surface area contributed by atoms with Gasteiger partial charge in [0.2, 0.25) is 12.7 Å². The summed E-state index contributed by atoms with van der Waals surface area (Å²) in [7, 11) is 1.69. The number of rotatable bonds is 11. The smallest absolute Gasteiger partial charge is 0.231 e. The van der Waals surface area contributed by atoms with Gasteiger partial charge in [0.1, 0.15) is 13.2 Å². The van der Waals surface area contributed by atoms with Gasteiger partial charge in [-0.3, -0.25) is 4.90 Å². The van der Waals surface area contributed by atoms with Crippen LogP contribution >= 0.6 is 0 Å². The number of aromatic nitrogens is 1. The van der Waals surface area contributed by atoms with Crippen molar-refractivity contribution in [3.63, 3.8) is 0 Å². The van der Waals surface area contributed by atoms with Crippen LogP contribution in [0.15, 0.2) is 36.4 Å². The molecule has 3 aromatic carbocycles. The maximum Gasteiger partial charge on any atom is 0.231 e. The first-order valence-corrected chi connectivity index (χ1v) is 14.1. The van der Waals surface area contributed by atoms with E-state index in [-0.39, 0.29) is 6.79 Å². The molecule has 8 nitrogen and oxygen atoms in total. The highest BCUT2D eigenvalue weighted by Gasteiger charge is 2.20. The average Bonchev–Trinajstić information content (AvgIpc) is 3.65. The Morgan fingerprint density at radius 2 is 1.62 bits per heavy atom. The maximum absolute atomic E-state index is 6.42. The van der Waals surface area contributed by atoms with Crippen molar-refractivity contribution < 1.29 is 23.7 Å². The lowest BCUT2D eigenvalue weighted by molar-refractivity contribution is 0.174. The number of hydrogen-bond donors (Lipinski definition) is 0. The Hall–Kier alpha value is -3.49. The van der Waals surface area contributed by atoms with E-state index in [1.165, 1.54) is 12.8 Å². The summed E-state index contributed by atoms with van der Waals surface area (Å²) in [5.74, 6) is 3.51. The molecule has 6 rings (SSSR count). The van der Waals surface area contributed by atoms with Crippen LogP contribution in [0.1, 0.15) is 26.7 Å². The molecule has 0 spiro atoms. The molecule has 0 N–H and O–H groups in total. The van der Waals surface area contributed by atoms with Gasteiger partial charge in [-0.2, -0.15) is 0 Å². The molecule has 2 aliphatic rings. The Balaban J connectivity index is 1.44. The first kappa shape index (κ1) is 25.8. The van der Waals surface area contributed by atoms with Crippen molar-refractivity contribution in [1.82, 2.24) is 14.8 Å².